The number of carbonyl (C=O) groups excluding carboxylic acids is 1. The number of anilines is 1. The van der Waals surface area contributed by atoms with Gasteiger partial charge < -0.3 is 9.80 Å². The third-order valence-electron chi connectivity index (χ3n) is 6.17. The molecule has 0 unspecified atom stereocenters. The first-order valence-corrected chi connectivity index (χ1v) is 10.8. The number of fused-ring (bicyclic) bond motifs is 1. The van der Waals surface area contributed by atoms with Crippen LogP contribution in [0.3, 0.4) is 0 Å². The first-order valence-electron chi connectivity index (χ1n) is 10.8. The Morgan fingerprint density at radius 2 is 1.69 bits per heavy atom. The zero-order valence-corrected chi connectivity index (χ0v) is 18.3. The Morgan fingerprint density at radius 1 is 0.906 bits per heavy atom. The summed E-state index contributed by atoms with van der Waals surface area (Å²) in [5.74, 6) is -0.238. The maximum atomic E-state index is 14.1. The molecule has 0 radical (unpaired) electrons. The van der Waals surface area contributed by atoms with Gasteiger partial charge in [-0.2, -0.15) is 0 Å². The van der Waals surface area contributed by atoms with Crippen LogP contribution in [-0.4, -0.2) is 46.5 Å². The molecule has 1 fully saturated rings. The van der Waals surface area contributed by atoms with Crippen LogP contribution in [0.4, 0.5) is 10.1 Å². The lowest BCUT2D eigenvalue weighted by Gasteiger charge is -2.36. The van der Waals surface area contributed by atoms with Gasteiger partial charge in [0.2, 0.25) is 0 Å². The fraction of sp³-hybridized carbons (Fsp3) is 0.231. The number of rotatable bonds is 3. The second-order valence-corrected chi connectivity index (χ2v) is 8.34. The van der Waals surface area contributed by atoms with Crippen LogP contribution in [0.5, 0.6) is 0 Å². The molecular weight excluding hydrogens is 403 g/mol. The van der Waals surface area contributed by atoms with Gasteiger partial charge >= 0.3 is 0 Å². The highest BCUT2D eigenvalue weighted by Crippen LogP contribution is 2.24. The number of carbonyl (C=O) groups is 1. The van der Waals surface area contributed by atoms with Crippen LogP contribution in [0.2, 0.25) is 0 Å². The van der Waals surface area contributed by atoms with E-state index >= 15 is 0 Å². The molecular formula is C26H25FN4O. The molecule has 0 bridgehead atoms. The summed E-state index contributed by atoms with van der Waals surface area (Å²) < 4.78 is 16.1. The first kappa shape index (κ1) is 20.2. The van der Waals surface area contributed by atoms with Gasteiger partial charge in [0.15, 0.2) is 0 Å². The zero-order chi connectivity index (χ0) is 22.2. The molecule has 4 aromatic rings. The second-order valence-electron chi connectivity index (χ2n) is 8.34. The van der Waals surface area contributed by atoms with E-state index in [1.807, 2.05) is 40.4 Å². The average Bonchev–Trinajstić information content (AvgIpc) is 3.22. The summed E-state index contributed by atoms with van der Waals surface area (Å²) in [6, 6.07) is 18.8. The highest BCUT2D eigenvalue weighted by Gasteiger charge is 2.24. The molecule has 2 heterocycles. The quantitative estimate of drug-likeness (QED) is 0.473. The number of hydrogen-bond donors (Lipinski definition) is 0. The third kappa shape index (κ3) is 3.62. The van der Waals surface area contributed by atoms with Crippen LogP contribution in [0.1, 0.15) is 21.5 Å². The highest BCUT2D eigenvalue weighted by molar-refractivity contribution is 5.97. The molecule has 0 aliphatic carbocycles. The van der Waals surface area contributed by atoms with E-state index in [4.69, 9.17) is 0 Å². The van der Waals surface area contributed by atoms with Gasteiger partial charge in [-0.05, 0) is 55.8 Å². The molecule has 6 heteroatoms. The Labute approximate surface area is 186 Å². The number of halogens is 1. The van der Waals surface area contributed by atoms with Crippen LogP contribution in [0, 0.1) is 19.7 Å². The van der Waals surface area contributed by atoms with Crippen molar-refractivity contribution in [1.29, 1.82) is 0 Å². The van der Waals surface area contributed by atoms with Crippen LogP contribution >= 0.6 is 0 Å². The third-order valence-corrected chi connectivity index (χ3v) is 6.17. The van der Waals surface area contributed by atoms with Gasteiger partial charge in [-0.3, -0.25) is 9.36 Å². The van der Waals surface area contributed by atoms with E-state index in [0.717, 1.165) is 16.7 Å². The number of nitrogens with zero attached hydrogens (tertiary/aromatic N) is 4. The molecule has 32 heavy (non-hydrogen) atoms. The summed E-state index contributed by atoms with van der Waals surface area (Å²) >= 11 is 0. The van der Waals surface area contributed by atoms with E-state index in [1.165, 1.54) is 17.2 Å². The number of aromatic nitrogens is 2. The number of piperazine rings is 1. The summed E-state index contributed by atoms with van der Waals surface area (Å²) in [6.07, 6.45) is 1.81. The summed E-state index contributed by atoms with van der Waals surface area (Å²) in [4.78, 5) is 21.5. The molecule has 5 nitrogen and oxygen atoms in total. The molecule has 1 saturated heterocycles. The van der Waals surface area contributed by atoms with Crippen molar-refractivity contribution in [2.24, 2.45) is 0 Å². The molecule has 1 aliphatic rings. The largest absolute Gasteiger partial charge is 0.366 e. The number of aryl methyl sites for hydroxylation is 2. The van der Waals surface area contributed by atoms with Gasteiger partial charge in [0, 0.05) is 31.7 Å². The van der Waals surface area contributed by atoms with Crippen molar-refractivity contribution in [3.63, 3.8) is 0 Å². The maximum Gasteiger partial charge on any atom is 0.254 e. The number of benzene rings is 3. The molecule has 162 valence electrons. The van der Waals surface area contributed by atoms with Gasteiger partial charge in [0.25, 0.3) is 5.91 Å². The Morgan fingerprint density at radius 3 is 2.44 bits per heavy atom. The van der Waals surface area contributed by atoms with Crippen LogP contribution in [0.15, 0.2) is 67.0 Å². The van der Waals surface area contributed by atoms with E-state index in [-0.39, 0.29) is 11.7 Å². The summed E-state index contributed by atoms with van der Waals surface area (Å²) in [7, 11) is 0. The Bertz CT molecular complexity index is 1300. The normalized spacial score (nSPS) is 14.2. The minimum Gasteiger partial charge on any atom is -0.366 e. The van der Waals surface area contributed by atoms with E-state index in [0.29, 0.717) is 37.4 Å². The van der Waals surface area contributed by atoms with E-state index in [1.54, 1.807) is 12.1 Å². The Balaban J connectivity index is 1.34. The van der Waals surface area contributed by atoms with Crippen molar-refractivity contribution in [1.82, 2.24) is 14.5 Å². The van der Waals surface area contributed by atoms with Gasteiger partial charge in [0.1, 0.15) is 12.1 Å². The van der Waals surface area contributed by atoms with Crippen molar-refractivity contribution >= 4 is 22.6 Å². The monoisotopic (exact) mass is 428 g/mol. The first-order chi connectivity index (χ1) is 15.5. The minimum atomic E-state index is -0.225. The predicted octanol–water partition coefficient (Wildman–Crippen LogP) is 4.74. The SMILES string of the molecule is Cc1ccc(-n2cnc3cc(C(=O)N4CCN(c5ccccc5F)CC4)ccc32)c(C)c1. The maximum absolute atomic E-state index is 14.1. The molecule has 0 atom stereocenters. The average molecular weight is 429 g/mol. The van der Waals surface area contributed by atoms with Gasteiger partial charge in [0.05, 0.1) is 22.4 Å². The summed E-state index contributed by atoms with van der Waals surface area (Å²) in [5, 5.41) is 0. The molecule has 1 amide bonds. The fourth-order valence-corrected chi connectivity index (χ4v) is 4.45. The van der Waals surface area contributed by atoms with Crippen LogP contribution in [0.25, 0.3) is 16.7 Å². The van der Waals surface area contributed by atoms with Crippen molar-refractivity contribution in [2.45, 2.75) is 13.8 Å². The molecule has 0 saturated carbocycles. The minimum absolute atomic E-state index is 0.0128. The number of para-hydroxylation sites is 1. The molecule has 1 aliphatic heterocycles. The molecule has 5 rings (SSSR count). The Kier molecular flexibility index (Phi) is 5.13. The van der Waals surface area contributed by atoms with Crippen LogP contribution < -0.4 is 4.90 Å². The van der Waals surface area contributed by atoms with E-state index in [9.17, 15) is 9.18 Å². The number of hydrogen-bond acceptors (Lipinski definition) is 3. The van der Waals surface area contributed by atoms with E-state index < -0.39 is 0 Å². The zero-order valence-electron chi connectivity index (χ0n) is 18.3. The van der Waals surface area contributed by atoms with Crippen molar-refractivity contribution in [3.05, 3.63) is 89.5 Å². The predicted molar refractivity (Wildman–Crippen MR) is 125 cm³/mol. The van der Waals surface area contributed by atoms with Crippen molar-refractivity contribution < 1.29 is 9.18 Å². The molecule has 1 aromatic heterocycles. The second kappa shape index (κ2) is 8.11. The molecule has 3 aromatic carbocycles. The van der Waals surface area contributed by atoms with Gasteiger partial charge in [-0.1, -0.05) is 29.8 Å². The lowest BCUT2D eigenvalue weighted by atomic mass is 10.1. The number of amides is 1. The fourth-order valence-electron chi connectivity index (χ4n) is 4.45. The molecule has 0 spiro atoms. The molecule has 0 N–H and O–H groups in total. The standard InChI is InChI=1S/C26H25FN4O/c1-18-7-9-23(19(2)15-18)31-17-28-22-16-20(8-10-25(22)31)26(32)30-13-11-29(12-14-30)24-6-4-3-5-21(24)27/h3-10,15-17H,11-14H2,1-2H3. The van der Waals surface area contributed by atoms with Gasteiger partial charge in [-0.15, -0.1) is 0 Å². The van der Waals surface area contributed by atoms with Crippen molar-refractivity contribution in [2.75, 3.05) is 31.1 Å². The van der Waals surface area contributed by atoms with Crippen molar-refractivity contribution in [3.8, 4) is 5.69 Å². The summed E-state index contributed by atoms with van der Waals surface area (Å²) in [5.41, 5.74) is 6.47. The lowest BCUT2D eigenvalue weighted by Crippen LogP contribution is -2.49. The lowest BCUT2D eigenvalue weighted by molar-refractivity contribution is 0.0747. The Hall–Kier alpha value is -3.67. The summed E-state index contributed by atoms with van der Waals surface area (Å²) in [6.45, 7) is 6.50. The highest BCUT2D eigenvalue weighted by atomic mass is 19.1. The topological polar surface area (TPSA) is 41.4 Å². The van der Waals surface area contributed by atoms with Crippen LogP contribution in [-0.2, 0) is 0 Å². The number of imidazole rings is 1. The van der Waals surface area contributed by atoms with Gasteiger partial charge in [-0.25, -0.2) is 9.37 Å². The van der Waals surface area contributed by atoms with E-state index in [2.05, 4.69) is 41.6 Å². The smallest absolute Gasteiger partial charge is 0.254 e.